The van der Waals surface area contributed by atoms with Gasteiger partial charge in [0.05, 0.1) is 18.9 Å². The molecule has 184 valence electrons. The first kappa shape index (κ1) is 25.2. The van der Waals surface area contributed by atoms with Crippen LogP contribution < -0.4 is 10.1 Å². The number of amides is 2. The van der Waals surface area contributed by atoms with Crippen LogP contribution in [0.25, 0.3) is 0 Å². The summed E-state index contributed by atoms with van der Waals surface area (Å²) in [5.74, 6) is -0.630. The molecule has 0 saturated carbocycles. The van der Waals surface area contributed by atoms with Gasteiger partial charge in [0.1, 0.15) is 23.8 Å². The molecule has 13 heteroatoms. The van der Waals surface area contributed by atoms with Crippen LogP contribution in [0.2, 0.25) is 0 Å². The second-order valence-electron chi connectivity index (χ2n) is 7.64. The number of hydrogen-bond acceptors (Lipinski definition) is 8. The van der Waals surface area contributed by atoms with Crippen LogP contribution in [0.3, 0.4) is 0 Å². The van der Waals surface area contributed by atoms with Crippen LogP contribution in [0.1, 0.15) is 0 Å². The summed E-state index contributed by atoms with van der Waals surface area (Å²) in [4.78, 5) is 41.8. The highest BCUT2D eigenvalue weighted by molar-refractivity contribution is 8.00. The van der Waals surface area contributed by atoms with Crippen LogP contribution in [0, 0.1) is 0 Å². The molecule has 4 rings (SSSR count). The number of para-hydroxylation sites is 1. The van der Waals surface area contributed by atoms with Gasteiger partial charge in [0, 0.05) is 18.8 Å². The van der Waals surface area contributed by atoms with Crippen LogP contribution in [-0.2, 0) is 23.9 Å². The van der Waals surface area contributed by atoms with Gasteiger partial charge in [-0.15, -0.1) is 11.8 Å². The van der Waals surface area contributed by atoms with E-state index in [4.69, 9.17) is 49.0 Å². The van der Waals surface area contributed by atoms with Crippen LogP contribution in [0.15, 0.2) is 41.7 Å². The Balaban J connectivity index is 1.46. The Labute approximate surface area is 215 Å². The normalized spacial score (nSPS) is 22.6. The number of nitrogens with zero attached hydrogens (tertiary/aromatic N) is 2. The molecule has 2 fully saturated rings. The van der Waals surface area contributed by atoms with E-state index in [1.807, 2.05) is 11.0 Å². The first-order valence-corrected chi connectivity index (χ1v) is 12.6. The van der Waals surface area contributed by atoms with E-state index in [0.29, 0.717) is 43.5 Å². The van der Waals surface area contributed by atoms with Gasteiger partial charge >= 0.3 is 5.97 Å². The lowest BCUT2D eigenvalue weighted by Gasteiger charge is -2.51. The summed E-state index contributed by atoms with van der Waals surface area (Å²) < 4.78 is 14.3. The van der Waals surface area contributed by atoms with E-state index in [2.05, 4.69) is 5.32 Å². The van der Waals surface area contributed by atoms with Gasteiger partial charge in [-0.2, -0.15) is 0 Å². The number of carbonyl (C=O) groups is 3. The standard InChI is InChI=1S/C21H22Cl3N3O6S/c22-21(23,24)12-33-20(30)17-14(26-6-8-31-9-7-26)11-34-19-16(18(29)27(17)19)25-15(28)10-32-13-4-2-1-3-5-13/h1-5,16,19H,6-12H2,(H,25,28)/t16?,19-/m0/s1. The third kappa shape index (κ3) is 5.85. The van der Waals surface area contributed by atoms with Crippen molar-refractivity contribution in [2.24, 2.45) is 0 Å². The topological polar surface area (TPSA) is 97.4 Å². The van der Waals surface area contributed by atoms with E-state index in [-0.39, 0.29) is 12.3 Å². The van der Waals surface area contributed by atoms with E-state index < -0.39 is 39.6 Å². The van der Waals surface area contributed by atoms with Crippen molar-refractivity contribution in [2.45, 2.75) is 15.2 Å². The number of alkyl halides is 3. The number of esters is 1. The number of halogens is 3. The number of fused-ring (bicyclic) bond motifs is 1. The van der Waals surface area contributed by atoms with Gasteiger partial charge < -0.3 is 24.4 Å². The van der Waals surface area contributed by atoms with Crippen molar-refractivity contribution in [2.75, 3.05) is 45.3 Å². The highest BCUT2D eigenvalue weighted by Gasteiger charge is 2.55. The fraction of sp³-hybridized carbons (Fsp3) is 0.476. The SMILES string of the molecule is O=C(COc1ccccc1)NC1C(=O)N2C(C(=O)OCC(Cl)(Cl)Cl)=C(N3CCOCC3)CS[C@@H]12. The molecule has 9 nitrogen and oxygen atoms in total. The van der Waals surface area contributed by atoms with Crippen molar-refractivity contribution < 1.29 is 28.6 Å². The van der Waals surface area contributed by atoms with Gasteiger partial charge in [0.2, 0.25) is 3.79 Å². The Morgan fingerprint density at radius 2 is 1.88 bits per heavy atom. The largest absolute Gasteiger partial charge is 0.484 e. The molecule has 2 saturated heterocycles. The third-order valence-corrected chi connectivity index (χ3v) is 6.92. The first-order chi connectivity index (χ1) is 16.2. The average Bonchev–Trinajstić information content (AvgIpc) is 2.84. The van der Waals surface area contributed by atoms with Crippen molar-refractivity contribution in [3.8, 4) is 5.75 Å². The van der Waals surface area contributed by atoms with Crippen LogP contribution >= 0.6 is 46.6 Å². The van der Waals surface area contributed by atoms with Crippen LogP contribution in [0.4, 0.5) is 0 Å². The lowest BCUT2D eigenvalue weighted by Crippen LogP contribution is -2.71. The van der Waals surface area contributed by atoms with Crippen molar-refractivity contribution in [3.05, 3.63) is 41.7 Å². The molecule has 0 spiro atoms. The fourth-order valence-corrected chi connectivity index (χ4v) is 5.31. The zero-order valence-corrected chi connectivity index (χ0v) is 21.0. The van der Waals surface area contributed by atoms with Gasteiger partial charge in [-0.05, 0) is 12.1 Å². The number of ether oxygens (including phenoxy) is 3. The van der Waals surface area contributed by atoms with E-state index in [1.54, 1.807) is 24.3 Å². The van der Waals surface area contributed by atoms with Gasteiger partial charge in [-0.3, -0.25) is 14.5 Å². The molecule has 2 atom stereocenters. The molecule has 0 aliphatic carbocycles. The lowest BCUT2D eigenvalue weighted by molar-refractivity contribution is -0.153. The maximum atomic E-state index is 13.0. The predicted molar refractivity (Wildman–Crippen MR) is 128 cm³/mol. The zero-order valence-electron chi connectivity index (χ0n) is 17.9. The summed E-state index contributed by atoms with van der Waals surface area (Å²) in [6, 6.07) is 8.09. The number of rotatable bonds is 7. The number of morpholine rings is 1. The number of thioether (sulfide) groups is 1. The van der Waals surface area contributed by atoms with Crippen LogP contribution in [0.5, 0.6) is 5.75 Å². The summed E-state index contributed by atoms with van der Waals surface area (Å²) in [7, 11) is 0. The van der Waals surface area contributed by atoms with Crippen molar-refractivity contribution in [1.29, 1.82) is 0 Å². The molecule has 0 bridgehead atoms. The molecule has 3 heterocycles. The Morgan fingerprint density at radius 3 is 2.56 bits per heavy atom. The molecule has 1 aromatic carbocycles. The van der Waals surface area contributed by atoms with E-state index in [0.717, 1.165) is 0 Å². The number of carbonyl (C=O) groups excluding carboxylic acids is 3. The molecule has 0 radical (unpaired) electrons. The second kappa shape index (κ2) is 10.8. The van der Waals surface area contributed by atoms with Crippen molar-refractivity contribution in [1.82, 2.24) is 15.1 Å². The number of nitrogens with one attached hydrogen (secondary N) is 1. The minimum atomic E-state index is -1.79. The monoisotopic (exact) mass is 549 g/mol. The summed E-state index contributed by atoms with van der Waals surface area (Å²) >= 11 is 18.6. The Kier molecular flexibility index (Phi) is 8.04. The highest BCUT2D eigenvalue weighted by atomic mass is 35.6. The molecule has 2 amide bonds. The minimum Gasteiger partial charge on any atom is -0.484 e. The van der Waals surface area contributed by atoms with Gasteiger partial charge in [0.25, 0.3) is 11.8 Å². The first-order valence-electron chi connectivity index (χ1n) is 10.5. The van der Waals surface area contributed by atoms with Gasteiger partial charge in [0.15, 0.2) is 12.3 Å². The molecule has 0 aromatic heterocycles. The van der Waals surface area contributed by atoms with Crippen molar-refractivity contribution in [3.63, 3.8) is 0 Å². The van der Waals surface area contributed by atoms with Gasteiger partial charge in [-0.1, -0.05) is 53.0 Å². The molecule has 34 heavy (non-hydrogen) atoms. The Morgan fingerprint density at radius 1 is 1.18 bits per heavy atom. The molecule has 3 aliphatic heterocycles. The third-order valence-electron chi connectivity index (χ3n) is 5.33. The maximum absolute atomic E-state index is 13.0. The molecular formula is C21H22Cl3N3O6S. The van der Waals surface area contributed by atoms with E-state index >= 15 is 0 Å². The van der Waals surface area contributed by atoms with E-state index in [9.17, 15) is 14.4 Å². The summed E-state index contributed by atoms with van der Waals surface area (Å²) in [5, 5.41) is 2.23. The molecule has 3 aliphatic rings. The van der Waals surface area contributed by atoms with E-state index in [1.165, 1.54) is 16.7 Å². The molecule has 1 aromatic rings. The average molecular weight is 551 g/mol. The summed E-state index contributed by atoms with van der Waals surface area (Å²) in [6.07, 6.45) is 0. The fourth-order valence-electron chi connectivity index (χ4n) is 3.76. The summed E-state index contributed by atoms with van der Waals surface area (Å²) in [6.45, 7) is 1.44. The zero-order chi connectivity index (χ0) is 24.3. The second-order valence-corrected chi connectivity index (χ2v) is 11.3. The minimum absolute atomic E-state index is 0.107. The summed E-state index contributed by atoms with van der Waals surface area (Å²) in [5.41, 5.74) is 0.764. The lowest BCUT2D eigenvalue weighted by atomic mass is 10.0. The Hall–Kier alpha value is -1.85. The quantitative estimate of drug-likeness (QED) is 0.313. The number of β-lactam (4-membered cyclic amide) rings is 1. The molecular weight excluding hydrogens is 529 g/mol. The van der Waals surface area contributed by atoms with Crippen LogP contribution in [-0.4, -0.2) is 88.1 Å². The van der Waals surface area contributed by atoms with Crippen molar-refractivity contribution >= 4 is 64.3 Å². The number of benzene rings is 1. The highest BCUT2D eigenvalue weighted by Crippen LogP contribution is 2.42. The maximum Gasteiger partial charge on any atom is 0.357 e. The number of hydrogen-bond donors (Lipinski definition) is 1. The smallest absolute Gasteiger partial charge is 0.357 e. The van der Waals surface area contributed by atoms with Gasteiger partial charge in [-0.25, -0.2) is 4.79 Å². The molecule has 1 N–H and O–H groups in total. The molecule has 1 unspecified atom stereocenters. The predicted octanol–water partition coefficient (Wildman–Crippen LogP) is 1.92. The Bertz CT molecular complexity index is 968.